The average molecular weight is 281 g/mol. The van der Waals surface area contributed by atoms with Gasteiger partial charge in [-0.25, -0.2) is 8.78 Å². The predicted molar refractivity (Wildman–Crippen MR) is 70.3 cm³/mol. The number of nitrogens with zero attached hydrogens (tertiary/aromatic N) is 2. The maximum Gasteiger partial charge on any atom is 0.228 e. The number of hydrogen-bond donors (Lipinski definition) is 1. The van der Waals surface area contributed by atoms with Gasteiger partial charge in [0, 0.05) is 24.9 Å². The first-order valence-electron chi connectivity index (χ1n) is 6.55. The van der Waals surface area contributed by atoms with Gasteiger partial charge in [-0.2, -0.15) is 4.98 Å². The molecule has 4 nitrogen and oxygen atoms in total. The van der Waals surface area contributed by atoms with Crippen LogP contribution in [-0.2, 0) is 12.8 Å². The lowest BCUT2D eigenvalue weighted by atomic mass is 10.1. The van der Waals surface area contributed by atoms with Gasteiger partial charge in [-0.15, -0.1) is 0 Å². The average Bonchev–Trinajstić information content (AvgIpc) is 2.86. The van der Waals surface area contributed by atoms with Gasteiger partial charge < -0.3 is 9.84 Å². The van der Waals surface area contributed by atoms with E-state index in [2.05, 4.69) is 22.4 Å². The van der Waals surface area contributed by atoms with Gasteiger partial charge in [-0.3, -0.25) is 0 Å². The Kier molecular flexibility index (Phi) is 4.79. The van der Waals surface area contributed by atoms with Crippen molar-refractivity contribution in [2.24, 2.45) is 0 Å². The Bertz CT molecular complexity index is 567. The van der Waals surface area contributed by atoms with Crippen LogP contribution >= 0.6 is 0 Å². The minimum absolute atomic E-state index is 0.186. The molecule has 0 spiro atoms. The van der Waals surface area contributed by atoms with Crippen LogP contribution in [0.1, 0.15) is 30.6 Å². The number of hydrogen-bond acceptors (Lipinski definition) is 4. The van der Waals surface area contributed by atoms with Gasteiger partial charge in [0.15, 0.2) is 5.82 Å². The Balaban J connectivity index is 2.05. The van der Waals surface area contributed by atoms with E-state index in [-0.39, 0.29) is 12.5 Å². The number of benzene rings is 1. The Morgan fingerprint density at radius 3 is 2.80 bits per heavy atom. The highest BCUT2D eigenvalue weighted by atomic mass is 19.1. The van der Waals surface area contributed by atoms with E-state index in [9.17, 15) is 8.78 Å². The van der Waals surface area contributed by atoms with Crippen molar-refractivity contribution in [1.82, 2.24) is 15.5 Å². The summed E-state index contributed by atoms with van der Waals surface area (Å²) in [6.45, 7) is 2.06. The third-order valence-electron chi connectivity index (χ3n) is 3.20. The van der Waals surface area contributed by atoms with E-state index in [0.29, 0.717) is 23.7 Å². The Labute approximate surface area is 116 Å². The summed E-state index contributed by atoms with van der Waals surface area (Å²) in [6, 6.07) is 3.73. The lowest BCUT2D eigenvalue weighted by Gasteiger charge is -2.09. The van der Waals surface area contributed by atoms with Crippen LogP contribution in [0.3, 0.4) is 0 Å². The largest absolute Gasteiger partial charge is 0.339 e. The molecule has 0 saturated carbocycles. The van der Waals surface area contributed by atoms with E-state index in [1.807, 2.05) is 7.05 Å². The lowest BCUT2D eigenvalue weighted by Crippen LogP contribution is -2.26. The zero-order valence-corrected chi connectivity index (χ0v) is 11.5. The summed E-state index contributed by atoms with van der Waals surface area (Å²) in [5, 5.41) is 6.97. The van der Waals surface area contributed by atoms with Gasteiger partial charge in [-0.05, 0) is 25.1 Å². The zero-order chi connectivity index (χ0) is 14.5. The molecule has 6 heteroatoms. The molecule has 0 bridgehead atoms. The van der Waals surface area contributed by atoms with Crippen molar-refractivity contribution in [2.75, 3.05) is 7.05 Å². The standard InChI is InChI=1S/C14H17F2N3O/c1-3-11(17-2)8-14-18-13(19-20-14)6-9-4-5-10(15)7-12(9)16/h4-5,7,11,17H,3,6,8H2,1-2H3. The molecule has 1 N–H and O–H groups in total. The highest BCUT2D eigenvalue weighted by Crippen LogP contribution is 2.13. The fourth-order valence-corrected chi connectivity index (χ4v) is 1.94. The van der Waals surface area contributed by atoms with E-state index >= 15 is 0 Å². The molecule has 0 saturated heterocycles. The summed E-state index contributed by atoms with van der Waals surface area (Å²) >= 11 is 0. The van der Waals surface area contributed by atoms with E-state index in [1.165, 1.54) is 12.1 Å². The third-order valence-corrected chi connectivity index (χ3v) is 3.20. The second-order valence-electron chi connectivity index (χ2n) is 4.61. The van der Waals surface area contributed by atoms with Crippen LogP contribution in [0.2, 0.25) is 0 Å². The quantitative estimate of drug-likeness (QED) is 0.883. The molecule has 1 heterocycles. The molecule has 108 valence electrons. The smallest absolute Gasteiger partial charge is 0.228 e. The fraction of sp³-hybridized carbons (Fsp3) is 0.429. The normalized spacial score (nSPS) is 12.6. The van der Waals surface area contributed by atoms with Gasteiger partial charge in [0.1, 0.15) is 11.6 Å². The van der Waals surface area contributed by atoms with Crippen molar-refractivity contribution in [3.05, 3.63) is 47.1 Å². The maximum atomic E-state index is 13.5. The van der Waals surface area contributed by atoms with E-state index in [0.717, 1.165) is 12.5 Å². The minimum atomic E-state index is -0.599. The number of halogens is 2. The Morgan fingerprint density at radius 2 is 2.15 bits per heavy atom. The first kappa shape index (κ1) is 14.6. The lowest BCUT2D eigenvalue weighted by molar-refractivity contribution is 0.355. The van der Waals surface area contributed by atoms with Gasteiger partial charge >= 0.3 is 0 Å². The summed E-state index contributed by atoms with van der Waals surface area (Å²) in [5.74, 6) is -0.280. The van der Waals surface area contributed by atoms with Crippen molar-refractivity contribution in [3.8, 4) is 0 Å². The summed E-state index contributed by atoms with van der Waals surface area (Å²) in [7, 11) is 1.87. The molecule has 2 rings (SSSR count). The molecular weight excluding hydrogens is 264 g/mol. The molecule has 2 aromatic rings. The second kappa shape index (κ2) is 6.56. The van der Waals surface area contributed by atoms with Crippen LogP contribution in [0.4, 0.5) is 8.78 Å². The van der Waals surface area contributed by atoms with Gasteiger partial charge in [-0.1, -0.05) is 18.1 Å². The van der Waals surface area contributed by atoms with Crippen molar-refractivity contribution in [1.29, 1.82) is 0 Å². The Hall–Kier alpha value is -1.82. The topological polar surface area (TPSA) is 51.0 Å². The van der Waals surface area contributed by atoms with Crippen LogP contribution in [0.25, 0.3) is 0 Å². The van der Waals surface area contributed by atoms with Gasteiger partial charge in [0.05, 0.1) is 0 Å². The summed E-state index contributed by atoms with van der Waals surface area (Å²) in [5.41, 5.74) is 0.347. The molecule has 0 amide bonds. The molecule has 1 aromatic carbocycles. The first-order chi connectivity index (χ1) is 9.62. The van der Waals surface area contributed by atoms with Crippen molar-refractivity contribution in [3.63, 3.8) is 0 Å². The SMILES string of the molecule is CCC(Cc1nc(Cc2ccc(F)cc2F)no1)NC. The first-order valence-corrected chi connectivity index (χ1v) is 6.55. The molecular formula is C14H17F2N3O. The molecule has 0 aliphatic heterocycles. The fourth-order valence-electron chi connectivity index (χ4n) is 1.94. The van der Waals surface area contributed by atoms with Crippen molar-refractivity contribution < 1.29 is 13.3 Å². The molecule has 0 aliphatic rings. The van der Waals surface area contributed by atoms with Gasteiger partial charge in [0.25, 0.3) is 0 Å². The number of likely N-dealkylation sites (N-methyl/N-ethyl adjacent to an activating group) is 1. The summed E-state index contributed by atoms with van der Waals surface area (Å²) in [6.07, 6.45) is 1.76. The van der Waals surface area contributed by atoms with Crippen LogP contribution in [0.5, 0.6) is 0 Å². The van der Waals surface area contributed by atoms with Crippen molar-refractivity contribution in [2.45, 2.75) is 32.2 Å². The molecule has 0 radical (unpaired) electrons. The van der Waals surface area contributed by atoms with Gasteiger partial charge in [0.2, 0.25) is 5.89 Å². The molecule has 20 heavy (non-hydrogen) atoms. The zero-order valence-electron chi connectivity index (χ0n) is 11.5. The maximum absolute atomic E-state index is 13.5. The van der Waals surface area contributed by atoms with E-state index in [1.54, 1.807) is 0 Å². The van der Waals surface area contributed by atoms with E-state index < -0.39 is 11.6 Å². The molecule has 1 atom stereocenters. The monoisotopic (exact) mass is 281 g/mol. The predicted octanol–water partition coefficient (Wildman–Crippen LogP) is 2.48. The van der Waals surface area contributed by atoms with Crippen LogP contribution in [0, 0.1) is 11.6 Å². The summed E-state index contributed by atoms with van der Waals surface area (Å²) < 4.78 is 31.5. The minimum Gasteiger partial charge on any atom is -0.339 e. The van der Waals surface area contributed by atoms with Crippen LogP contribution in [0.15, 0.2) is 22.7 Å². The molecule has 1 aromatic heterocycles. The third kappa shape index (κ3) is 3.60. The number of nitrogens with one attached hydrogen (secondary N) is 1. The summed E-state index contributed by atoms with van der Waals surface area (Å²) in [4.78, 5) is 4.23. The van der Waals surface area contributed by atoms with Crippen LogP contribution in [-0.4, -0.2) is 23.2 Å². The number of aromatic nitrogens is 2. The highest BCUT2D eigenvalue weighted by molar-refractivity contribution is 5.21. The highest BCUT2D eigenvalue weighted by Gasteiger charge is 2.13. The van der Waals surface area contributed by atoms with Crippen molar-refractivity contribution >= 4 is 0 Å². The second-order valence-corrected chi connectivity index (χ2v) is 4.61. The molecule has 0 aliphatic carbocycles. The molecule has 1 unspecified atom stereocenters. The molecule has 0 fully saturated rings. The number of rotatable bonds is 6. The van der Waals surface area contributed by atoms with Crippen LogP contribution < -0.4 is 5.32 Å². The van der Waals surface area contributed by atoms with E-state index in [4.69, 9.17) is 4.52 Å². The Morgan fingerprint density at radius 1 is 1.35 bits per heavy atom.